The summed E-state index contributed by atoms with van der Waals surface area (Å²) in [5.74, 6) is 0. The second-order valence-corrected chi connectivity index (χ2v) is 10.7. The first-order valence-electron chi connectivity index (χ1n) is 18.3. The maximum atomic E-state index is 8.58. The van der Waals surface area contributed by atoms with Gasteiger partial charge < -0.3 is 4.42 Å². The van der Waals surface area contributed by atoms with Crippen LogP contribution >= 0.6 is 0 Å². The van der Waals surface area contributed by atoms with E-state index in [-0.39, 0.29) is 27.8 Å². The first-order chi connectivity index (χ1) is 24.0. The monoisotopic (exact) mass is 553 g/mol. The summed E-state index contributed by atoms with van der Waals surface area (Å²) in [6, 6.07) is 33.4. The molecule has 2 aromatic heterocycles. The Morgan fingerprint density at radius 3 is 1.88 bits per heavy atom. The normalized spacial score (nSPS) is 15.5. The summed E-state index contributed by atoms with van der Waals surface area (Å²) < 4.78 is 85.3. The van der Waals surface area contributed by atoms with Crippen molar-refractivity contribution in [2.75, 3.05) is 0 Å². The van der Waals surface area contributed by atoms with E-state index in [1.807, 2.05) is 73.7 Å². The van der Waals surface area contributed by atoms with Crippen LogP contribution in [0, 0.1) is 27.5 Å². The molecule has 2 heteroatoms. The standard InChI is InChI=1S/C40H34NO/c1-25-16-18-34-33-19-17-31(29-12-8-6-9-13-29)22-37(33)42-40(34)39(25)36-23-35(28(4)24-41(36)5)38-26(2)20-32(21-27(38)3)30-14-10-7-11-15-30/h6-24H,1-5H3/q+1/i2D3,3D3,4D3. The number of pyridine rings is 1. The van der Waals surface area contributed by atoms with Gasteiger partial charge in [-0.15, -0.1) is 0 Å². The van der Waals surface area contributed by atoms with Crippen LogP contribution in [0.2, 0.25) is 0 Å². The fourth-order valence-corrected chi connectivity index (χ4v) is 5.90. The van der Waals surface area contributed by atoms with Crippen LogP contribution in [0.3, 0.4) is 0 Å². The molecule has 0 saturated carbocycles. The summed E-state index contributed by atoms with van der Waals surface area (Å²) in [6.45, 7) is -6.36. The van der Waals surface area contributed by atoms with Crippen molar-refractivity contribution in [1.82, 2.24) is 0 Å². The summed E-state index contributed by atoms with van der Waals surface area (Å²) in [5.41, 5.74) is 5.59. The second-order valence-electron chi connectivity index (χ2n) is 10.7. The van der Waals surface area contributed by atoms with Crippen LogP contribution in [-0.4, -0.2) is 0 Å². The number of benzene rings is 5. The fourth-order valence-electron chi connectivity index (χ4n) is 5.90. The van der Waals surface area contributed by atoms with E-state index < -0.39 is 20.6 Å². The van der Waals surface area contributed by atoms with Crippen LogP contribution in [-0.2, 0) is 7.05 Å². The fraction of sp³-hybridized carbons (Fsp3) is 0.125. The quantitative estimate of drug-likeness (QED) is 0.198. The van der Waals surface area contributed by atoms with E-state index >= 15 is 0 Å². The lowest BCUT2D eigenvalue weighted by atomic mass is 9.89. The molecule has 7 rings (SSSR count). The summed E-state index contributed by atoms with van der Waals surface area (Å²) in [7, 11) is 1.72. The number of fused-ring (bicyclic) bond motifs is 3. The molecule has 0 bridgehead atoms. The molecule has 0 atom stereocenters. The Bertz CT molecular complexity index is 2410. The Hall–Kier alpha value is -4.95. The average molecular weight is 554 g/mol. The largest absolute Gasteiger partial charge is 0.455 e. The van der Waals surface area contributed by atoms with Crippen molar-refractivity contribution < 1.29 is 21.3 Å². The van der Waals surface area contributed by atoms with Crippen molar-refractivity contribution in [2.45, 2.75) is 27.5 Å². The molecule has 0 unspecified atom stereocenters. The minimum Gasteiger partial charge on any atom is -0.455 e. The highest BCUT2D eigenvalue weighted by atomic mass is 16.3. The first-order valence-corrected chi connectivity index (χ1v) is 13.8. The van der Waals surface area contributed by atoms with Gasteiger partial charge >= 0.3 is 0 Å². The number of furan rings is 1. The highest BCUT2D eigenvalue weighted by molar-refractivity contribution is 6.10. The van der Waals surface area contributed by atoms with Gasteiger partial charge in [0.05, 0.1) is 5.56 Å². The topological polar surface area (TPSA) is 17.0 Å². The molecular weight excluding hydrogens is 510 g/mol. The van der Waals surface area contributed by atoms with Gasteiger partial charge in [0.2, 0.25) is 5.69 Å². The van der Waals surface area contributed by atoms with Gasteiger partial charge in [-0.2, -0.15) is 0 Å². The van der Waals surface area contributed by atoms with Crippen molar-refractivity contribution in [3.05, 3.63) is 138 Å². The van der Waals surface area contributed by atoms with Crippen LogP contribution in [0.5, 0.6) is 0 Å². The number of aromatic nitrogens is 1. The van der Waals surface area contributed by atoms with Crippen LogP contribution in [0.1, 0.15) is 34.6 Å². The van der Waals surface area contributed by atoms with E-state index in [0.29, 0.717) is 33.6 Å². The Morgan fingerprint density at radius 1 is 0.571 bits per heavy atom. The van der Waals surface area contributed by atoms with Crippen molar-refractivity contribution in [2.24, 2.45) is 7.05 Å². The summed E-state index contributed by atoms with van der Waals surface area (Å²) >= 11 is 0. The predicted molar refractivity (Wildman–Crippen MR) is 176 cm³/mol. The zero-order valence-electron chi connectivity index (χ0n) is 32.3. The van der Waals surface area contributed by atoms with Crippen LogP contribution in [0.4, 0.5) is 0 Å². The molecule has 0 aliphatic rings. The third-order valence-corrected chi connectivity index (χ3v) is 8.00. The van der Waals surface area contributed by atoms with Crippen LogP contribution in [0.25, 0.3) is 66.6 Å². The number of hydrogen-bond acceptors (Lipinski definition) is 1. The zero-order chi connectivity index (χ0) is 36.5. The summed E-state index contributed by atoms with van der Waals surface area (Å²) in [4.78, 5) is 0. The second kappa shape index (κ2) is 10.2. The van der Waals surface area contributed by atoms with E-state index in [1.165, 1.54) is 18.3 Å². The molecule has 0 radical (unpaired) electrons. The van der Waals surface area contributed by atoms with Gasteiger partial charge in [-0.1, -0.05) is 91.0 Å². The Morgan fingerprint density at radius 2 is 1.21 bits per heavy atom. The number of hydrogen-bond donors (Lipinski definition) is 0. The third-order valence-electron chi connectivity index (χ3n) is 8.00. The molecule has 204 valence electrons. The molecule has 5 aromatic carbocycles. The molecule has 0 aliphatic carbocycles. The molecule has 0 amide bonds. The van der Waals surface area contributed by atoms with Gasteiger partial charge in [-0.3, -0.25) is 0 Å². The lowest BCUT2D eigenvalue weighted by Gasteiger charge is -2.16. The predicted octanol–water partition coefficient (Wildman–Crippen LogP) is 10.3. The third kappa shape index (κ3) is 4.31. The zero-order valence-corrected chi connectivity index (χ0v) is 23.3. The van der Waals surface area contributed by atoms with Crippen molar-refractivity contribution in [3.8, 4) is 44.6 Å². The van der Waals surface area contributed by atoms with Crippen LogP contribution in [0.15, 0.2) is 120 Å². The van der Waals surface area contributed by atoms with Gasteiger partial charge in [0.1, 0.15) is 18.2 Å². The maximum absolute atomic E-state index is 8.58. The van der Waals surface area contributed by atoms with Gasteiger partial charge in [0.25, 0.3) is 0 Å². The van der Waals surface area contributed by atoms with Gasteiger partial charge in [-0.05, 0) is 89.7 Å². The Kier molecular flexibility index (Phi) is 4.30. The highest BCUT2D eigenvalue weighted by Gasteiger charge is 2.24. The van der Waals surface area contributed by atoms with E-state index in [1.54, 1.807) is 41.9 Å². The van der Waals surface area contributed by atoms with Crippen molar-refractivity contribution >= 4 is 21.9 Å². The van der Waals surface area contributed by atoms with Gasteiger partial charge in [0, 0.05) is 34.7 Å². The molecule has 0 N–H and O–H groups in total. The maximum Gasteiger partial charge on any atom is 0.216 e. The summed E-state index contributed by atoms with van der Waals surface area (Å²) in [5, 5.41) is 1.75. The van der Waals surface area contributed by atoms with E-state index in [9.17, 15) is 0 Å². The van der Waals surface area contributed by atoms with E-state index in [4.69, 9.17) is 16.8 Å². The molecular formula is C40H34NO+. The molecule has 2 nitrogen and oxygen atoms in total. The Labute approximate surface area is 260 Å². The Balaban J connectivity index is 1.55. The lowest BCUT2D eigenvalue weighted by Crippen LogP contribution is -2.31. The van der Waals surface area contributed by atoms with E-state index in [0.717, 1.165) is 27.5 Å². The molecule has 0 aliphatic heterocycles. The molecule has 2 heterocycles. The summed E-state index contributed by atoms with van der Waals surface area (Å²) in [6.07, 6.45) is 1.45. The molecule has 42 heavy (non-hydrogen) atoms. The van der Waals surface area contributed by atoms with E-state index in [2.05, 4.69) is 0 Å². The number of nitrogens with zero attached hydrogens (tertiary/aromatic N) is 1. The molecule has 0 fully saturated rings. The molecule has 7 aromatic rings. The first kappa shape index (κ1) is 17.8. The molecule has 0 saturated heterocycles. The number of aryl methyl sites for hydroxylation is 5. The molecule has 0 spiro atoms. The SMILES string of the molecule is [2H]C([2H])([2H])c1c[n+](C)c(-c2c(C)ccc3c2oc2cc(-c4ccccc4)ccc23)cc1-c1c(C([2H])([2H])[2H])cc(-c2ccccc2)cc1C([2H])([2H])[2H]. The van der Waals surface area contributed by atoms with Gasteiger partial charge in [-0.25, -0.2) is 4.57 Å². The minimum atomic E-state index is -2.78. The van der Waals surface area contributed by atoms with Crippen molar-refractivity contribution in [1.29, 1.82) is 0 Å². The minimum absolute atomic E-state index is 0.0128. The number of rotatable bonds is 4. The van der Waals surface area contributed by atoms with Crippen molar-refractivity contribution in [3.63, 3.8) is 0 Å². The average Bonchev–Trinajstić information content (AvgIpc) is 3.45. The highest BCUT2D eigenvalue weighted by Crippen LogP contribution is 2.40. The smallest absolute Gasteiger partial charge is 0.216 e. The van der Waals surface area contributed by atoms with Gasteiger partial charge in [0.15, 0.2) is 6.20 Å². The van der Waals surface area contributed by atoms with Crippen LogP contribution < -0.4 is 4.57 Å². The lowest BCUT2D eigenvalue weighted by molar-refractivity contribution is -0.660.